The number of ether oxygens (including phenoxy) is 1. The number of halogens is 6. The molecule has 2 aromatic carbocycles. The van der Waals surface area contributed by atoms with Crippen LogP contribution in [0.25, 0.3) is 0 Å². The molecule has 0 saturated carbocycles. The number of urea groups is 1. The number of rotatable bonds is 5. The number of carbonyl (C=O) groups excluding carboxylic acids is 2. The van der Waals surface area contributed by atoms with Crippen molar-refractivity contribution in [1.82, 2.24) is 4.90 Å². The van der Waals surface area contributed by atoms with Gasteiger partial charge in [0, 0.05) is 18.1 Å². The number of amides is 3. The number of carbonyl (C=O) groups is 2. The van der Waals surface area contributed by atoms with Crippen molar-refractivity contribution in [3.8, 4) is 5.75 Å². The van der Waals surface area contributed by atoms with E-state index in [2.05, 4.69) is 10.3 Å². The highest BCUT2D eigenvalue weighted by molar-refractivity contribution is 6.68. The van der Waals surface area contributed by atoms with Gasteiger partial charge in [0.1, 0.15) is 11.6 Å². The molecule has 32 heavy (non-hydrogen) atoms. The first-order valence-electron chi connectivity index (χ1n) is 8.75. The molecule has 0 aliphatic carbocycles. The molecule has 1 heterocycles. The predicted octanol–water partition coefficient (Wildman–Crippen LogP) is 5.75. The van der Waals surface area contributed by atoms with Crippen LogP contribution < -0.4 is 15.0 Å². The fourth-order valence-electron chi connectivity index (χ4n) is 2.80. The smallest absolute Gasteiger partial charge is 0.337 e. The Balaban J connectivity index is 2.11. The average Bonchev–Trinajstić information content (AvgIpc) is 2.92. The van der Waals surface area contributed by atoms with E-state index >= 15 is 0 Å². The number of amidine groups is 1. The minimum Gasteiger partial charge on any atom is -0.494 e. The molecule has 7 nitrogen and oxygen atoms in total. The van der Waals surface area contributed by atoms with Crippen molar-refractivity contribution in [1.29, 1.82) is 0 Å². The molecular weight excluding hydrogens is 528 g/mol. The Hall–Kier alpha value is -1.97. The molecule has 3 rings (SSSR count). The van der Waals surface area contributed by atoms with E-state index in [4.69, 9.17) is 62.7 Å². The number of nitrogens with zero attached hydrogens (tertiary/aromatic N) is 3. The number of alkyl halides is 3. The zero-order valence-corrected chi connectivity index (χ0v) is 20.2. The van der Waals surface area contributed by atoms with Crippen LogP contribution in [0.15, 0.2) is 41.4 Å². The summed E-state index contributed by atoms with van der Waals surface area (Å²) in [5.41, 5.74) is 0.385. The maximum absolute atomic E-state index is 13.7. The second kappa shape index (κ2) is 9.49. The zero-order chi connectivity index (χ0) is 23.8. The Morgan fingerprint density at radius 3 is 2.41 bits per heavy atom. The molecule has 0 aromatic heterocycles. The Labute approximate surface area is 207 Å². The van der Waals surface area contributed by atoms with Crippen LogP contribution >= 0.6 is 58.0 Å². The fraction of sp³-hybridized carbons (Fsp3) is 0.211. The first-order valence-corrected chi connectivity index (χ1v) is 10.6. The SMILES string of the molecule is COc1cc(F)ccc1N1C(=O)N(C)C(=O)C1=NC(Nc1ccc(Cl)cc1Cl)C(Cl)(Cl)Cl. The molecule has 0 radical (unpaired) electrons. The van der Waals surface area contributed by atoms with Crippen molar-refractivity contribution >= 4 is 87.2 Å². The number of methoxy groups -OCH3 is 1. The van der Waals surface area contributed by atoms with Gasteiger partial charge in [-0.1, -0.05) is 58.0 Å². The van der Waals surface area contributed by atoms with Crippen LogP contribution in [0.3, 0.4) is 0 Å². The van der Waals surface area contributed by atoms with E-state index in [1.807, 2.05) is 0 Å². The Kier molecular flexibility index (Phi) is 7.31. The van der Waals surface area contributed by atoms with Gasteiger partial charge < -0.3 is 10.1 Å². The molecular formula is C19H14Cl5FN4O3. The third-order valence-corrected chi connectivity index (χ3v) is 5.52. The summed E-state index contributed by atoms with van der Waals surface area (Å²) < 4.78 is 16.8. The first-order chi connectivity index (χ1) is 14.9. The maximum atomic E-state index is 13.7. The Morgan fingerprint density at radius 1 is 1.12 bits per heavy atom. The minimum atomic E-state index is -2.07. The molecule has 1 atom stereocenters. The zero-order valence-electron chi connectivity index (χ0n) is 16.4. The van der Waals surface area contributed by atoms with Crippen LogP contribution in [-0.4, -0.2) is 46.8 Å². The lowest BCUT2D eigenvalue weighted by molar-refractivity contribution is -0.119. The fourth-order valence-corrected chi connectivity index (χ4v) is 3.58. The van der Waals surface area contributed by atoms with E-state index in [0.717, 1.165) is 21.9 Å². The molecule has 1 fully saturated rings. The topological polar surface area (TPSA) is 74.2 Å². The van der Waals surface area contributed by atoms with Gasteiger partial charge in [-0.05, 0) is 30.3 Å². The largest absolute Gasteiger partial charge is 0.494 e. The first kappa shape index (κ1) is 24.7. The summed E-state index contributed by atoms with van der Waals surface area (Å²) in [6.45, 7) is 0. The van der Waals surface area contributed by atoms with Crippen molar-refractivity contribution in [2.24, 2.45) is 4.99 Å². The molecule has 0 bridgehead atoms. The molecule has 1 aliphatic rings. The highest BCUT2D eigenvalue weighted by Crippen LogP contribution is 2.37. The quantitative estimate of drug-likeness (QED) is 0.386. The minimum absolute atomic E-state index is 0.00621. The number of benzene rings is 2. The second-order valence-electron chi connectivity index (χ2n) is 6.46. The van der Waals surface area contributed by atoms with Gasteiger partial charge in [-0.3, -0.25) is 9.69 Å². The number of anilines is 2. The van der Waals surface area contributed by atoms with Crippen LogP contribution in [0.1, 0.15) is 0 Å². The number of nitrogens with one attached hydrogen (secondary N) is 1. The summed E-state index contributed by atoms with van der Waals surface area (Å²) in [4.78, 5) is 31.6. The number of hydrogen-bond donors (Lipinski definition) is 1. The van der Waals surface area contributed by atoms with E-state index in [-0.39, 0.29) is 22.3 Å². The molecule has 1 aliphatic heterocycles. The van der Waals surface area contributed by atoms with Crippen LogP contribution in [0, 0.1) is 5.82 Å². The van der Waals surface area contributed by atoms with E-state index < -0.39 is 27.7 Å². The summed E-state index contributed by atoms with van der Waals surface area (Å²) >= 11 is 30.4. The average molecular weight is 543 g/mol. The lowest BCUT2D eigenvalue weighted by atomic mass is 10.2. The van der Waals surface area contributed by atoms with Gasteiger partial charge in [-0.15, -0.1) is 0 Å². The number of likely N-dealkylation sites (N-methyl/N-ethyl adjacent to an activating group) is 1. The van der Waals surface area contributed by atoms with Gasteiger partial charge in [0.15, 0.2) is 6.17 Å². The third-order valence-electron chi connectivity index (χ3n) is 4.35. The van der Waals surface area contributed by atoms with E-state index in [0.29, 0.717) is 10.7 Å². The lowest BCUT2D eigenvalue weighted by Crippen LogP contribution is -2.38. The van der Waals surface area contributed by atoms with Crippen molar-refractivity contribution in [2.45, 2.75) is 9.96 Å². The van der Waals surface area contributed by atoms with Crippen molar-refractivity contribution in [2.75, 3.05) is 24.4 Å². The van der Waals surface area contributed by atoms with Crippen LogP contribution in [-0.2, 0) is 4.79 Å². The van der Waals surface area contributed by atoms with Crippen LogP contribution in [0.2, 0.25) is 10.0 Å². The molecule has 2 aromatic rings. The molecule has 1 saturated heterocycles. The molecule has 1 N–H and O–H groups in total. The van der Waals surface area contributed by atoms with Gasteiger partial charge in [0.05, 0.1) is 23.5 Å². The van der Waals surface area contributed by atoms with E-state index in [9.17, 15) is 14.0 Å². The van der Waals surface area contributed by atoms with Gasteiger partial charge in [-0.2, -0.15) is 0 Å². The third kappa shape index (κ3) is 5.00. The maximum Gasteiger partial charge on any atom is 0.337 e. The van der Waals surface area contributed by atoms with Crippen molar-refractivity contribution < 1.29 is 18.7 Å². The molecule has 13 heteroatoms. The second-order valence-corrected chi connectivity index (χ2v) is 9.68. The van der Waals surface area contributed by atoms with Gasteiger partial charge in [0.25, 0.3) is 5.91 Å². The highest BCUT2D eigenvalue weighted by atomic mass is 35.6. The summed E-state index contributed by atoms with van der Waals surface area (Å²) in [5, 5.41) is 3.42. The monoisotopic (exact) mass is 540 g/mol. The van der Waals surface area contributed by atoms with Crippen LogP contribution in [0.5, 0.6) is 5.75 Å². The summed E-state index contributed by atoms with van der Waals surface area (Å²) in [6, 6.07) is 7.20. The number of hydrogen-bond acceptors (Lipinski definition) is 5. The number of aliphatic imine (C=N–C) groups is 1. The van der Waals surface area contributed by atoms with Crippen molar-refractivity contribution in [3.05, 3.63) is 52.3 Å². The molecule has 3 amide bonds. The molecule has 1 unspecified atom stereocenters. The van der Waals surface area contributed by atoms with Crippen LogP contribution in [0.4, 0.5) is 20.6 Å². The van der Waals surface area contributed by atoms with E-state index in [1.54, 1.807) is 6.07 Å². The predicted molar refractivity (Wildman–Crippen MR) is 125 cm³/mol. The number of imide groups is 1. The molecule has 0 spiro atoms. The Bertz CT molecular complexity index is 1110. The normalized spacial score (nSPS) is 16.7. The summed E-state index contributed by atoms with van der Waals surface area (Å²) in [6.07, 6.45) is -1.36. The summed E-state index contributed by atoms with van der Waals surface area (Å²) in [5.74, 6) is -1.76. The standard InChI is InChI=1S/C19H14Cl5FN4O3/c1-28-16(30)15(29(18(28)31)13-6-4-10(25)8-14(13)32-2)27-17(19(22,23)24)26-12-5-3-9(20)7-11(12)21/h3-8,17,26H,1-2H3. The van der Waals surface area contributed by atoms with Crippen molar-refractivity contribution in [3.63, 3.8) is 0 Å². The highest BCUT2D eigenvalue weighted by Gasteiger charge is 2.45. The Morgan fingerprint density at radius 2 is 1.81 bits per heavy atom. The van der Waals surface area contributed by atoms with Gasteiger partial charge in [-0.25, -0.2) is 19.1 Å². The van der Waals surface area contributed by atoms with Gasteiger partial charge in [0.2, 0.25) is 9.63 Å². The molecule has 170 valence electrons. The van der Waals surface area contributed by atoms with E-state index in [1.165, 1.54) is 32.4 Å². The lowest BCUT2D eigenvalue weighted by Gasteiger charge is -2.25. The van der Waals surface area contributed by atoms with Gasteiger partial charge >= 0.3 is 6.03 Å². The summed E-state index contributed by atoms with van der Waals surface area (Å²) in [7, 11) is 2.54.